The summed E-state index contributed by atoms with van der Waals surface area (Å²) < 4.78 is 9.62. The van der Waals surface area contributed by atoms with E-state index < -0.39 is 5.97 Å². The van der Waals surface area contributed by atoms with E-state index in [0.29, 0.717) is 24.0 Å². The van der Waals surface area contributed by atoms with Crippen molar-refractivity contribution in [2.75, 3.05) is 30.0 Å². The minimum atomic E-state index is -0.542. The van der Waals surface area contributed by atoms with E-state index in [2.05, 4.69) is 15.8 Å². The fraction of sp³-hybridized carbons (Fsp3) is 0.571. The molecule has 1 heterocycles. The van der Waals surface area contributed by atoms with Gasteiger partial charge in [-0.05, 0) is 12.8 Å². The second-order valence-corrected chi connectivity index (χ2v) is 6.21. The third-order valence-electron chi connectivity index (χ3n) is 2.42. The van der Waals surface area contributed by atoms with Crippen LogP contribution >= 0.6 is 11.8 Å². The second-order valence-electron chi connectivity index (χ2n) is 5.22. The molecule has 0 saturated heterocycles. The molecule has 23 heavy (non-hydrogen) atoms. The third-order valence-corrected chi connectivity index (χ3v) is 3.33. The maximum atomic E-state index is 11.6. The number of amides is 2. The number of aryl methyl sites for hydroxylation is 1. The predicted molar refractivity (Wildman–Crippen MR) is 86.0 cm³/mol. The Hall–Kier alpha value is -2.03. The van der Waals surface area contributed by atoms with Crippen molar-refractivity contribution in [1.82, 2.24) is 10.5 Å². The standard InChI is InChI=1S/C14H21N3O5S/c1-9(2)5-15-12(18)6-21-14(20)8-23-7-13(19)16-11-4-10(3)22-17-11/h4,9H,5-8H2,1-3H3,(H,15,18)(H,16,17,19). The molecule has 9 heteroatoms. The third kappa shape index (κ3) is 8.87. The van der Waals surface area contributed by atoms with E-state index in [1.54, 1.807) is 13.0 Å². The van der Waals surface area contributed by atoms with Crippen LogP contribution in [0.4, 0.5) is 5.82 Å². The van der Waals surface area contributed by atoms with Crippen LogP contribution in [0.2, 0.25) is 0 Å². The molecule has 1 rings (SSSR count). The molecule has 0 bridgehead atoms. The highest BCUT2D eigenvalue weighted by molar-refractivity contribution is 8.00. The minimum Gasteiger partial charge on any atom is -0.455 e. The number of nitrogens with zero attached hydrogens (tertiary/aromatic N) is 1. The van der Waals surface area contributed by atoms with Crippen molar-refractivity contribution in [3.8, 4) is 0 Å². The number of hydrogen-bond donors (Lipinski definition) is 2. The van der Waals surface area contributed by atoms with Crippen LogP contribution in [0.15, 0.2) is 10.6 Å². The molecule has 128 valence electrons. The molecule has 0 unspecified atom stereocenters. The largest absolute Gasteiger partial charge is 0.455 e. The van der Waals surface area contributed by atoms with Gasteiger partial charge in [0, 0.05) is 12.6 Å². The van der Waals surface area contributed by atoms with Gasteiger partial charge >= 0.3 is 5.97 Å². The summed E-state index contributed by atoms with van der Waals surface area (Å²) in [5.41, 5.74) is 0. The van der Waals surface area contributed by atoms with Crippen molar-refractivity contribution in [3.05, 3.63) is 11.8 Å². The van der Waals surface area contributed by atoms with Crippen LogP contribution < -0.4 is 10.6 Å². The number of carbonyl (C=O) groups is 3. The van der Waals surface area contributed by atoms with Crippen LogP contribution in [0.25, 0.3) is 0 Å². The van der Waals surface area contributed by atoms with Crippen LogP contribution in [0.1, 0.15) is 19.6 Å². The Morgan fingerprint density at radius 1 is 1.30 bits per heavy atom. The Bertz CT molecular complexity index is 544. The van der Waals surface area contributed by atoms with Crippen LogP contribution in [0.5, 0.6) is 0 Å². The molecule has 2 amide bonds. The zero-order valence-electron chi connectivity index (χ0n) is 13.4. The second kappa shape index (κ2) is 9.88. The summed E-state index contributed by atoms with van der Waals surface area (Å²) >= 11 is 1.09. The molecular weight excluding hydrogens is 322 g/mol. The molecule has 0 spiro atoms. The number of anilines is 1. The maximum Gasteiger partial charge on any atom is 0.316 e. The lowest BCUT2D eigenvalue weighted by Crippen LogP contribution is -2.31. The summed E-state index contributed by atoms with van der Waals surface area (Å²) in [4.78, 5) is 34.4. The highest BCUT2D eigenvalue weighted by atomic mass is 32.2. The monoisotopic (exact) mass is 343 g/mol. The zero-order valence-corrected chi connectivity index (χ0v) is 14.2. The van der Waals surface area contributed by atoms with Gasteiger partial charge in [0.2, 0.25) is 5.91 Å². The van der Waals surface area contributed by atoms with Crippen molar-refractivity contribution in [2.45, 2.75) is 20.8 Å². The number of thioether (sulfide) groups is 1. The Balaban J connectivity index is 2.11. The normalized spacial score (nSPS) is 10.4. The SMILES string of the molecule is Cc1cc(NC(=O)CSCC(=O)OCC(=O)NCC(C)C)no1. The number of hydrogen-bond acceptors (Lipinski definition) is 7. The number of rotatable bonds is 9. The lowest BCUT2D eigenvalue weighted by Gasteiger charge is -2.08. The van der Waals surface area contributed by atoms with E-state index in [4.69, 9.17) is 9.26 Å². The Kier molecular flexibility index (Phi) is 8.17. The van der Waals surface area contributed by atoms with E-state index in [9.17, 15) is 14.4 Å². The number of ether oxygens (including phenoxy) is 1. The molecule has 1 aromatic heterocycles. The molecule has 0 aliphatic rings. The van der Waals surface area contributed by atoms with Crippen molar-refractivity contribution in [2.24, 2.45) is 5.92 Å². The van der Waals surface area contributed by atoms with Crippen molar-refractivity contribution in [3.63, 3.8) is 0 Å². The van der Waals surface area contributed by atoms with E-state index >= 15 is 0 Å². The predicted octanol–water partition coefficient (Wildman–Crippen LogP) is 0.970. The van der Waals surface area contributed by atoms with Gasteiger partial charge < -0.3 is 19.9 Å². The maximum absolute atomic E-state index is 11.6. The average Bonchev–Trinajstić information content (AvgIpc) is 2.88. The first-order valence-electron chi connectivity index (χ1n) is 7.10. The lowest BCUT2D eigenvalue weighted by molar-refractivity contribution is -0.145. The molecule has 0 fully saturated rings. The molecule has 8 nitrogen and oxygen atoms in total. The highest BCUT2D eigenvalue weighted by Crippen LogP contribution is 2.08. The summed E-state index contributed by atoms with van der Waals surface area (Å²) in [6, 6.07) is 1.59. The van der Waals surface area contributed by atoms with Crippen LogP contribution in [-0.4, -0.2) is 47.6 Å². The molecule has 0 atom stereocenters. The minimum absolute atomic E-state index is 0.0112. The summed E-state index contributed by atoms with van der Waals surface area (Å²) in [6.07, 6.45) is 0. The average molecular weight is 343 g/mol. The number of carbonyl (C=O) groups excluding carboxylic acids is 3. The van der Waals surface area contributed by atoms with E-state index in [0.717, 1.165) is 11.8 Å². The van der Waals surface area contributed by atoms with Gasteiger partial charge in [-0.25, -0.2) is 0 Å². The number of esters is 1. The lowest BCUT2D eigenvalue weighted by atomic mass is 10.2. The van der Waals surface area contributed by atoms with Gasteiger partial charge in [0.25, 0.3) is 5.91 Å². The molecule has 0 radical (unpaired) electrons. The Morgan fingerprint density at radius 3 is 2.65 bits per heavy atom. The summed E-state index contributed by atoms with van der Waals surface area (Å²) in [7, 11) is 0. The molecule has 0 aliphatic carbocycles. The van der Waals surface area contributed by atoms with Gasteiger partial charge in [0.15, 0.2) is 12.4 Å². The topological polar surface area (TPSA) is 111 Å². The summed E-state index contributed by atoms with van der Waals surface area (Å²) in [5.74, 6) is 0.132. The van der Waals surface area contributed by atoms with Crippen molar-refractivity contribution >= 4 is 35.4 Å². The Morgan fingerprint density at radius 2 is 2.04 bits per heavy atom. The first-order chi connectivity index (χ1) is 10.9. The molecule has 0 aliphatic heterocycles. The molecule has 0 saturated carbocycles. The number of aromatic nitrogens is 1. The van der Waals surface area contributed by atoms with Gasteiger partial charge in [-0.1, -0.05) is 19.0 Å². The van der Waals surface area contributed by atoms with Crippen LogP contribution in [0, 0.1) is 12.8 Å². The fourth-order valence-corrected chi connectivity index (χ4v) is 2.00. The van der Waals surface area contributed by atoms with Gasteiger partial charge in [-0.2, -0.15) is 0 Å². The summed E-state index contributed by atoms with van der Waals surface area (Å²) in [6.45, 7) is 5.87. The summed E-state index contributed by atoms with van der Waals surface area (Å²) in [5, 5.41) is 8.80. The van der Waals surface area contributed by atoms with Crippen LogP contribution in [0.3, 0.4) is 0 Å². The molecule has 0 aromatic carbocycles. The molecular formula is C14H21N3O5S. The highest BCUT2D eigenvalue weighted by Gasteiger charge is 2.10. The quantitative estimate of drug-likeness (QED) is 0.643. The molecule has 2 N–H and O–H groups in total. The van der Waals surface area contributed by atoms with Gasteiger partial charge in [-0.3, -0.25) is 14.4 Å². The van der Waals surface area contributed by atoms with Crippen molar-refractivity contribution < 1.29 is 23.6 Å². The molecule has 1 aromatic rings. The van der Waals surface area contributed by atoms with Gasteiger partial charge in [0.05, 0.1) is 11.5 Å². The number of nitrogens with one attached hydrogen (secondary N) is 2. The van der Waals surface area contributed by atoms with Crippen molar-refractivity contribution in [1.29, 1.82) is 0 Å². The zero-order chi connectivity index (χ0) is 17.2. The van der Waals surface area contributed by atoms with Gasteiger partial charge in [-0.15, -0.1) is 11.8 Å². The first-order valence-corrected chi connectivity index (χ1v) is 8.25. The first kappa shape index (κ1) is 19.0. The fourth-order valence-electron chi connectivity index (χ4n) is 1.39. The van der Waals surface area contributed by atoms with E-state index in [-0.39, 0.29) is 29.9 Å². The smallest absolute Gasteiger partial charge is 0.316 e. The van der Waals surface area contributed by atoms with Gasteiger partial charge in [0.1, 0.15) is 5.76 Å². The Labute approximate surface area is 138 Å². The van der Waals surface area contributed by atoms with E-state index in [1.165, 1.54) is 0 Å². The van der Waals surface area contributed by atoms with E-state index in [1.807, 2.05) is 13.8 Å². The van der Waals surface area contributed by atoms with Crippen LogP contribution in [-0.2, 0) is 19.1 Å².